The lowest BCUT2D eigenvalue weighted by Crippen LogP contribution is -2.37. The summed E-state index contributed by atoms with van der Waals surface area (Å²) in [5.74, 6) is 1.14. The summed E-state index contributed by atoms with van der Waals surface area (Å²) >= 11 is 0. The molecule has 2 aliphatic rings. The van der Waals surface area contributed by atoms with Crippen molar-refractivity contribution in [2.24, 2.45) is 0 Å². The Morgan fingerprint density at radius 3 is 3.00 bits per heavy atom. The number of fused-ring (bicyclic) bond motifs is 1. The number of rotatable bonds is 4. The number of likely N-dealkylation sites (tertiary alicyclic amines) is 1. The summed E-state index contributed by atoms with van der Waals surface area (Å²) in [4.78, 5) is 12.1. The van der Waals surface area contributed by atoms with Crippen LogP contribution in [0.5, 0.6) is 0 Å². The Morgan fingerprint density at radius 1 is 1.30 bits per heavy atom. The summed E-state index contributed by atoms with van der Waals surface area (Å²) in [6.45, 7) is 6.64. The summed E-state index contributed by atoms with van der Waals surface area (Å²) in [5, 5.41) is 0. The Labute approximate surface area is 137 Å². The topological polar surface area (TPSA) is 43.2 Å². The first-order chi connectivity index (χ1) is 11.2. The van der Waals surface area contributed by atoms with Gasteiger partial charge in [-0.3, -0.25) is 9.47 Å². The van der Waals surface area contributed by atoms with Crippen LogP contribution in [0.15, 0.2) is 18.3 Å². The smallest absolute Gasteiger partial charge is 0.162 e. The molecule has 0 aliphatic carbocycles. The molecule has 2 saturated heterocycles. The van der Waals surface area contributed by atoms with Crippen LogP contribution < -0.4 is 0 Å². The molecule has 0 saturated carbocycles. The summed E-state index contributed by atoms with van der Waals surface area (Å²) in [6, 6.07) is 5.22. The Balaban J connectivity index is 1.69. The molecule has 2 unspecified atom stereocenters. The van der Waals surface area contributed by atoms with Gasteiger partial charge in [-0.25, -0.2) is 9.97 Å². The predicted molar refractivity (Wildman–Crippen MR) is 90.3 cm³/mol. The van der Waals surface area contributed by atoms with Crippen LogP contribution in [-0.4, -0.2) is 44.7 Å². The molecule has 124 valence electrons. The molecule has 2 aromatic heterocycles. The summed E-state index contributed by atoms with van der Waals surface area (Å²) in [5.41, 5.74) is 1.97. The molecule has 4 heterocycles. The van der Waals surface area contributed by atoms with Crippen LogP contribution in [0.3, 0.4) is 0 Å². The van der Waals surface area contributed by atoms with E-state index in [0.29, 0.717) is 12.1 Å². The maximum atomic E-state index is 5.95. The van der Waals surface area contributed by atoms with Gasteiger partial charge in [0, 0.05) is 31.3 Å². The maximum absolute atomic E-state index is 5.95. The van der Waals surface area contributed by atoms with E-state index in [1.165, 1.54) is 19.4 Å². The van der Waals surface area contributed by atoms with E-state index in [9.17, 15) is 0 Å². The van der Waals surface area contributed by atoms with Crippen molar-refractivity contribution in [1.82, 2.24) is 19.4 Å². The van der Waals surface area contributed by atoms with Crippen molar-refractivity contribution in [3.63, 3.8) is 0 Å². The van der Waals surface area contributed by atoms with Crippen LogP contribution in [-0.2, 0) is 11.2 Å². The molecule has 0 N–H and O–H groups in total. The molecule has 5 heteroatoms. The van der Waals surface area contributed by atoms with E-state index in [2.05, 4.69) is 34.4 Å². The van der Waals surface area contributed by atoms with Gasteiger partial charge in [-0.05, 0) is 58.2 Å². The van der Waals surface area contributed by atoms with Crippen molar-refractivity contribution >= 4 is 11.2 Å². The fourth-order valence-corrected chi connectivity index (χ4v) is 4.16. The highest BCUT2D eigenvalue weighted by atomic mass is 16.5. The fraction of sp³-hybridized carbons (Fsp3) is 0.667. The van der Waals surface area contributed by atoms with Crippen LogP contribution in [0.1, 0.15) is 51.6 Å². The van der Waals surface area contributed by atoms with Crippen molar-refractivity contribution in [2.75, 3.05) is 13.2 Å². The minimum Gasteiger partial charge on any atom is -0.358 e. The SMILES string of the molecule is CC(C)N1CCCC1Cc1nc2cccnc2n1C1CCCO1. The van der Waals surface area contributed by atoms with Gasteiger partial charge in [0.2, 0.25) is 0 Å². The molecule has 0 amide bonds. The largest absolute Gasteiger partial charge is 0.358 e. The third-order valence-corrected chi connectivity index (χ3v) is 5.22. The van der Waals surface area contributed by atoms with Crippen molar-refractivity contribution in [1.29, 1.82) is 0 Å². The molecule has 2 aromatic rings. The fourth-order valence-electron chi connectivity index (χ4n) is 4.16. The molecule has 23 heavy (non-hydrogen) atoms. The molecule has 4 rings (SSSR count). The highest BCUT2D eigenvalue weighted by Crippen LogP contribution is 2.30. The number of nitrogens with zero attached hydrogens (tertiary/aromatic N) is 4. The normalized spacial score (nSPS) is 25.9. The Hall–Kier alpha value is -1.46. The zero-order valence-corrected chi connectivity index (χ0v) is 14.1. The average Bonchev–Trinajstić information content (AvgIpc) is 3.25. The Morgan fingerprint density at radius 2 is 2.22 bits per heavy atom. The maximum Gasteiger partial charge on any atom is 0.162 e. The number of hydrogen-bond donors (Lipinski definition) is 0. The third kappa shape index (κ3) is 2.76. The molecule has 0 aromatic carbocycles. The van der Waals surface area contributed by atoms with Crippen LogP contribution in [0, 0.1) is 0 Å². The first-order valence-corrected chi connectivity index (χ1v) is 8.93. The van der Waals surface area contributed by atoms with Crippen LogP contribution >= 0.6 is 0 Å². The van der Waals surface area contributed by atoms with Crippen molar-refractivity contribution < 1.29 is 4.74 Å². The molecule has 0 bridgehead atoms. The van der Waals surface area contributed by atoms with Gasteiger partial charge in [0.05, 0.1) is 0 Å². The van der Waals surface area contributed by atoms with E-state index in [1.54, 1.807) is 0 Å². The number of pyridine rings is 1. The highest BCUT2D eigenvalue weighted by molar-refractivity contribution is 5.71. The quantitative estimate of drug-likeness (QED) is 0.869. The molecule has 2 aliphatic heterocycles. The first-order valence-electron chi connectivity index (χ1n) is 8.93. The Bertz CT molecular complexity index is 675. The summed E-state index contributed by atoms with van der Waals surface area (Å²) < 4.78 is 8.22. The lowest BCUT2D eigenvalue weighted by atomic mass is 10.1. The van der Waals surface area contributed by atoms with Crippen molar-refractivity contribution in [3.8, 4) is 0 Å². The van der Waals surface area contributed by atoms with E-state index >= 15 is 0 Å². The average molecular weight is 314 g/mol. The van der Waals surface area contributed by atoms with E-state index in [-0.39, 0.29) is 6.23 Å². The second-order valence-electron chi connectivity index (χ2n) is 7.04. The van der Waals surface area contributed by atoms with Gasteiger partial charge in [-0.2, -0.15) is 0 Å². The van der Waals surface area contributed by atoms with Crippen molar-refractivity contribution in [3.05, 3.63) is 24.2 Å². The van der Waals surface area contributed by atoms with Gasteiger partial charge in [-0.15, -0.1) is 0 Å². The van der Waals surface area contributed by atoms with Gasteiger partial charge in [-0.1, -0.05) is 0 Å². The second kappa shape index (κ2) is 6.21. The van der Waals surface area contributed by atoms with Crippen molar-refractivity contribution in [2.45, 2.75) is 64.3 Å². The molecule has 2 fully saturated rings. The standard InChI is InChI=1S/C18H26N4O/c1-13(2)21-10-4-6-14(21)12-16-20-15-7-3-9-19-18(15)22(16)17-8-5-11-23-17/h3,7,9,13-14,17H,4-6,8,10-12H2,1-2H3. The van der Waals surface area contributed by atoms with Crippen LogP contribution in [0.4, 0.5) is 0 Å². The van der Waals surface area contributed by atoms with Gasteiger partial charge < -0.3 is 4.74 Å². The Kier molecular flexibility index (Phi) is 4.07. The minimum atomic E-state index is 0.110. The van der Waals surface area contributed by atoms with Gasteiger partial charge >= 0.3 is 0 Å². The number of ether oxygens (including phenoxy) is 1. The summed E-state index contributed by atoms with van der Waals surface area (Å²) in [7, 11) is 0. The first kappa shape index (κ1) is 15.1. The third-order valence-electron chi connectivity index (χ3n) is 5.22. The number of imidazole rings is 1. The molecule has 5 nitrogen and oxygen atoms in total. The van der Waals surface area contributed by atoms with Gasteiger partial charge in [0.1, 0.15) is 17.6 Å². The van der Waals surface area contributed by atoms with E-state index in [1.807, 2.05) is 12.3 Å². The molecular weight excluding hydrogens is 288 g/mol. The molecule has 2 atom stereocenters. The van der Waals surface area contributed by atoms with E-state index in [0.717, 1.165) is 42.9 Å². The van der Waals surface area contributed by atoms with Gasteiger partial charge in [0.15, 0.2) is 5.65 Å². The zero-order chi connectivity index (χ0) is 15.8. The lowest BCUT2D eigenvalue weighted by molar-refractivity contribution is 0.0561. The second-order valence-corrected chi connectivity index (χ2v) is 7.04. The lowest BCUT2D eigenvalue weighted by Gasteiger charge is -2.28. The van der Waals surface area contributed by atoms with E-state index in [4.69, 9.17) is 9.72 Å². The molecular formula is C18H26N4O. The minimum absolute atomic E-state index is 0.110. The molecule has 0 radical (unpaired) electrons. The monoisotopic (exact) mass is 314 g/mol. The van der Waals surface area contributed by atoms with E-state index < -0.39 is 0 Å². The summed E-state index contributed by atoms with van der Waals surface area (Å²) in [6.07, 6.45) is 7.70. The van der Waals surface area contributed by atoms with Gasteiger partial charge in [0.25, 0.3) is 0 Å². The zero-order valence-electron chi connectivity index (χ0n) is 14.1. The highest BCUT2D eigenvalue weighted by Gasteiger charge is 2.30. The number of hydrogen-bond acceptors (Lipinski definition) is 4. The van der Waals surface area contributed by atoms with Crippen LogP contribution in [0.25, 0.3) is 11.2 Å². The number of aromatic nitrogens is 3. The predicted octanol–water partition coefficient (Wildman–Crippen LogP) is 3.16. The molecule has 0 spiro atoms. The van der Waals surface area contributed by atoms with Crippen LogP contribution in [0.2, 0.25) is 0 Å².